The Hall–Kier alpha value is -0.650. The molecule has 2 heterocycles. The summed E-state index contributed by atoms with van der Waals surface area (Å²) in [5.74, 6) is 0.239. The Morgan fingerprint density at radius 1 is 1.11 bits per heavy atom. The quantitative estimate of drug-likeness (QED) is 0.733. The largest absolute Gasteiger partial charge is 0.339 e. The average molecular weight is 254 g/mol. The first-order chi connectivity index (χ1) is 8.49. The Kier molecular flexibility index (Phi) is 4.25. The van der Waals surface area contributed by atoms with Gasteiger partial charge in [0.2, 0.25) is 5.91 Å². The predicted molar refractivity (Wildman–Crippen MR) is 72.6 cm³/mol. The normalized spacial score (nSPS) is 26.6. The Labute approximate surface area is 110 Å². The second-order valence-electron chi connectivity index (χ2n) is 5.99. The highest BCUT2D eigenvalue weighted by atomic mass is 16.2. The molecule has 2 fully saturated rings. The van der Waals surface area contributed by atoms with Crippen molar-refractivity contribution in [1.82, 2.24) is 20.0 Å². The van der Waals surface area contributed by atoms with Crippen molar-refractivity contribution in [3.05, 3.63) is 0 Å². The van der Waals surface area contributed by atoms with Gasteiger partial charge in [-0.15, -0.1) is 0 Å². The lowest BCUT2D eigenvalue weighted by atomic mass is 10.0. The van der Waals surface area contributed by atoms with Crippen LogP contribution < -0.4 is 5.32 Å². The van der Waals surface area contributed by atoms with Crippen LogP contribution in [-0.2, 0) is 4.79 Å². The highest BCUT2D eigenvalue weighted by Gasteiger charge is 2.35. The first-order valence-corrected chi connectivity index (χ1v) is 6.94. The Bertz CT molecular complexity index is 297. The number of hydrogen-bond acceptors (Lipinski definition) is 4. The lowest BCUT2D eigenvalue weighted by Crippen LogP contribution is -2.62. The molecule has 0 bridgehead atoms. The number of piperazine rings is 2. The van der Waals surface area contributed by atoms with Gasteiger partial charge in [-0.1, -0.05) is 0 Å². The minimum absolute atomic E-state index is 0.239. The number of carbonyl (C=O) groups is 1. The number of nitrogens with one attached hydrogen (secondary N) is 1. The van der Waals surface area contributed by atoms with E-state index in [2.05, 4.69) is 22.2 Å². The molecule has 2 aliphatic rings. The van der Waals surface area contributed by atoms with Gasteiger partial charge in [-0.05, 0) is 20.9 Å². The van der Waals surface area contributed by atoms with Gasteiger partial charge in [-0.3, -0.25) is 9.69 Å². The van der Waals surface area contributed by atoms with Gasteiger partial charge in [0.05, 0.1) is 5.54 Å². The fourth-order valence-corrected chi connectivity index (χ4v) is 2.62. The molecule has 2 rings (SSSR count). The molecular formula is C13H26N4O. The van der Waals surface area contributed by atoms with Crippen LogP contribution >= 0.6 is 0 Å². The lowest BCUT2D eigenvalue weighted by molar-refractivity contribution is -0.140. The third-order valence-electron chi connectivity index (χ3n) is 4.05. The van der Waals surface area contributed by atoms with Gasteiger partial charge >= 0.3 is 0 Å². The first kappa shape index (κ1) is 13.8. The molecule has 0 saturated carbocycles. The number of carbonyl (C=O) groups excluding carboxylic acids is 1. The van der Waals surface area contributed by atoms with E-state index >= 15 is 0 Å². The maximum atomic E-state index is 12.2. The molecule has 0 unspecified atom stereocenters. The summed E-state index contributed by atoms with van der Waals surface area (Å²) in [4.78, 5) is 19.0. The van der Waals surface area contributed by atoms with Crippen LogP contribution in [0.25, 0.3) is 0 Å². The van der Waals surface area contributed by atoms with Gasteiger partial charge in [0.15, 0.2) is 0 Å². The summed E-state index contributed by atoms with van der Waals surface area (Å²) < 4.78 is 0. The molecule has 18 heavy (non-hydrogen) atoms. The molecule has 0 aromatic heterocycles. The molecule has 2 aliphatic heterocycles. The summed E-state index contributed by atoms with van der Waals surface area (Å²) in [5.41, 5.74) is -0.389. The Morgan fingerprint density at radius 2 is 1.78 bits per heavy atom. The average Bonchev–Trinajstić information content (AvgIpc) is 2.33. The number of rotatable bonds is 3. The molecule has 0 aliphatic carbocycles. The second kappa shape index (κ2) is 5.55. The standard InChI is InChI=1S/C13H26N4O/c1-13(2)12(18)17(5-4-14-13)11-10-16-8-6-15(3)7-9-16/h14H,4-11H2,1-3H3. The van der Waals surface area contributed by atoms with Crippen molar-refractivity contribution in [1.29, 1.82) is 0 Å². The summed E-state index contributed by atoms with van der Waals surface area (Å²) in [6.07, 6.45) is 0. The van der Waals surface area contributed by atoms with Crippen LogP contribution in [0.3, 0.4) is 0 Å². The molecule has 0 spiro atoms. The Balaban J connectivity index is 1.78. The van der Waals surface area contributed by atoms with Crippen molar-refractivity contribution in [2.45, 2.75) is 19.4 Å². The molecule has 0 atom stereocenters. The van der Waals surface area contributed by atoms with Gasteiger partial charge < -0.3 is 15.1 Å². The van der Waals surface area contributed by atoms with Crippen LogP contribution in [0.5, 0.6) is 0 Å². The number of hydrogen-bond donors (Lipinski definition) is 1. The maximum absolute atomic E-state index is 12.2. The monoisotopic (exact) mass is 254 g/mol. The molecule has 0 aromatic carbocycles. The molecule has 104 valence electrons. The molecular weight excluding hydrogens is 228 g/mol. The number of nitrogens with zero attached hydrogens (tertiary/aromatic N) is 3. The van der Waals surface area contributed by atoms with Crippen LogP contribution in [0.1, 0.15) is 13.8 Å². The third-order valence-corrected chi connectivity index (χ3v) is 4.05. The molecule has 1 amide bonds. The molecule has 5 nitrogen and oxygen atoms in total. The van der Waals surface area contributed by atoms with Crippen molar-refractivity contribution in [2.75, 3.05) is 59.4 Å². The Morgan fingerprint density at radius 3 is 2.44 bits per heavy atom. The summed E-state index contributed by atoms with van der Waals surface area (Å²) >= 11 is 0. The van der Waals surface area contributed by atoms with Crippen LogP contribution in [0, 0.1) is 0 Å². The summed E-state index contributed by atoms with van der Waals surface area (Å²) in [5, 5.41) is 3.27. The van der Waals surface area contributed by atoms with E-state index < -0.39 is 0 Å². The van der Waals surface area contributed by atoms with E-state index in [1.54, 1.807) is 0 Å². The van der Waals surface area contributed by atoms with E-state index in [1.165, 1.54) is 0 Å². The summed E-state index contributed by atoms with van der Waals surface area (Å²) in [7, 11) is 2.17. The third kappa shape index (κ3) is 3.22. The highest BCUT2D eigenvalue weighted by Crippen LogP contribution is 2.12. The zero-order valence-electron chi connectivity index (χ0n) is 11.9. The van der Waals surface area contributed by atoms with Crippen LogP contribution in [0.15, 0.2) is 0 Å². The van der Waals surface area contributed by atoms with E-state index in [9.17, 15) is 4.79 Å². The van der Waals surface area contributed by atoms with E-state index in [-0.39, 0.29) is 11.4 Å². The first-order valence-electron chi connectivity index (χ1n) is 6.94. The van der Waals surface area contributed by atoms with E-state index in [0.717, 1.165) is 52.4 Å². The molecule has 0 aromatic rings. The molecule has 2 saturated heterocycles. The van der Waals surface area contributed by atoms with Crippen LogP contribution in [-0.4, -0.2) is 85.6 Å². The van der Waals surface area contributed by atoms with Crippen molar-refractivity contribution in [3.63, 3.8) is 0 Å². The smallest absolute Gasteiger partial charge is 0.242 e. The van der Waals surface area contributed by atoms with Crippen molar-refractivity contribution in [2.24, 2.45) is 0 Å². The number of likely N-dealkylation sites (N-methyl/N-ethyl adjacent to an activating group) is 1. The van der Waals surface area contributed by atoms with E-state index in [4.69, 9.17) is 0 Å². The summed E-state index contributed by atoms with van der Waals surface area (Å²) in [6, 6.07) is 0. The number of amides is 1. The van der Waals surface area contributed by atoms with Gasteiger partial charge in [-0.2, -0.15) is 0 Å². The predicted octanol–water partition coefficient (Wildman–Crippen LogP) is -0.556. The SMILES string of the molecule is CN1CCN(CCN2CCNC(C)(C)C2=O)CC1. The van der Waals surface area contributed by atoms with Crippen LogP contribution in [0.4, 0.5) is 0 Å². The van der Waals surface area contributed by atoms with E-state index in [0.29, 0.717) is 0 Å². The van der Waals surface area contributed by atoms with Crippen LogP contribution in [0.2, 0.25) is 0 Å². The minimum atomic E-state index is -0.389. The van der Waals surface area contributed by atoms with Gasteiger partial charge in [0, 0.05) is 52.4 Å². The zero-order valence-corrected chi connectivity index (χ0v) is 11.9. The van der Waals surface area contributed by atoms with Gasteiger partial charge in [0.25, 0.3) is 0 Å². The van der Waals surface area contributed by atoms with Crippen molar-refractivity contribution >= 4 is 5.91 Å². The highest BCUT2D eigenvalue weighted by molar-refractivity contribution is 5.86. The fraction of sp³-hybridized carbons (Fsp3) is 0.923. The van der Waals surface area contributed by atoms with Gasteiger partial charge in [0.1, 0.15) is 0 Å². The molecule has 1 N–H and O–H groups in total. The zero-order chi connectivity index (χ0) is 13.2. The maximum Gasteiger partial charge on any atom is 0.242 e. The second-order valence-corrected chi connectivity index (χ2v) is 5.99. The fourth-order valence-electron chi connectivity index (χ4n) is 2.62. The topological polar surface area (TPSA) is 38.8 Å². The van der Waals surface area contributed by atoms with Crippen molar-refractivity contribution in [3.8, 4) is 0 Å². The van der Waals surface area contributed by atoms with E-state index in [1.807, 2.05) is 18.7 Å². The molecule has 5 heteroatoms. The van der Waals surface area contributed by atoms with Crippen molar-refractivity contribution < 1.29 is 4.79 Å². The summed E-state index contributed by atoms with van der Waals surface area (Å²) in [6.45, 7) is 12.1. The van der Waals surface area contributed by atoms with Gasteiger partial charge in [-0.25, -0.2) is 0 Å². The minimum Gasteiger partial charge on any atom is -0.339 e. The lowest BCUT2D eigenvalue weighted by Gasteiger charge is -2.40. The molecule has 0 radical (unpaired) electrons.